The fourth-order valence-corrected chi connectivity index (χ4v) is 6.21. The molecular weight excluding hydrogens is 472 g/mol. The van der Waals surface area contributed by atoms with Gasteiger partial charge < -0.3 is 0 Å². The van der Waals surface area contributed by atoms with Crippen molar-refractivity contribution < 1.29 is 0 Å². The first kappa shape index (κ1) is 21.8. The smallest absolute Gasteiger partial charge is 0.146 e. The second-order valence-electron chi connectivity index (χ2n) is 9.97. The molecule has 0 amide bonds. The SMILES string of the molecule is c1ccc(-c2c(-c3ccccc3)c3cnc4c(-c5ccccc5)c(-c5ccccc5)c5cccc2c5n34)cc1. The second-order valence-corrected chi connectivity index (χ2v) is 9.97. The molecule has 0 spiro atoms. The summed E-state index contributed by atoms with van der Waals surface area (Å²) >= 11 is 0. The summed E-state index contributed by atoms with van der Waals surface area (Å²) in [5.74, 6) is 0. The van der Waals surface area contributed by atoms with E-state index in [1.165, 1.54) is 55.2 Å². The van der Waals surface area contributed by atoms with Crippen LogP contribution in [0.15, 0.2) is 146 Å². The van der Waals surface area contributed by atoms with Crippen LogP contribution in [0.4, 0.5) is 0 Å². The highest BCUT2D eigenvalue weighted by atomic mass is 15.0. The Kier molecular flexibility index (Phi) is 4.86. The van der Waals surface area contributed by atoms with Crippen LogP contribution in [0.5, 0.6) is 0 Å². The third-order valence-electron chi connectivity index (χ3n) is 7.79. The number of aromatic nitrogens is 2. The Labute approximate surface area is 226 Å². The highest BCUT2D eigenvalue weighted by Gasteiger charge is 2.26. The molecule has 0 radical (unpaired) electrons. The Balaban J connectivity index is 1.65. The van der Waals surface area contributed by atoms with Crippen molar-refractivity contribution in [3.63, 3.8) is 0 Å². The van der Waals surface area contributed by atoms with Gasteiger partial charge in [-0.2, -0.15) is 0 Å². The van der Waals surface area contributed by atoms with Crippen molar-refractivity contribution in [2.75, 3.05) is 0 Å². The first-order chi connectivity index (χ1) is 19.4. The quantitative estimate of drug-likeness (QED) is 0.237. The van der Waals surface area contributed by atoms with Crippen LogP contribution in [0.2, 0.25) is 0 Å². The van der Waals surface area contributed by atoms with E-state index in [1.807, 2.05) is 0 Å². The summed E-state index contributed by atoms with van der Waals surface area (Å²) in [5.41, 5.74) is 12.9. The Hall–Kier alpha value is -5.21. The molecule has 0 atom stereocenters. The number of para-hydroxylation sites is 1. The molecule has 0 saturated carbocycles. The zero-order chi connectivity index (χ0) is 25.8. The maximum absolute atomic E-state index is 5.17. The molecule has 182 valence electrons. The van der Waals surface area contributed by atoms with Gasteiger partial charge in [0.15, 0.2) is 0 Å². The van der Waals surface area contributed by atoms with Gasteiger partial charge in [0.2, 0.25) is 0 Å². The number of benzene rings is 5. The summed E-state index contributed by atoms with van der Waals surface area (Å²) in [5, 5.41) is 2.45. The van der Waals surface area contributed by atoms with E-state index in [4.69, 9.17) is 4.98 Å². The molecule has 3 heterocycles. The third kappa shape index (κ3) is 3.25. The van der Waals surface area contributed by atoms with Crippen LogP contribution in [0, 0.1) is 0 Å². The predicted octanol–water partition coefficient (Wildman–Crippen LogP) is 9.75. The number of imidazole rings is 1. The van der Waals surface area contributed by atoms with Gasteiger partial charge in [0.25, 0.3) is 0 Å². The van der Waals surface area contributed by atoms with E-state index in [0.717, 1.165) is 16.7 Å². The number of hydrogen-bond donors (Lipinski definition) is 0. The number of nitrogens with zero attached hydrogens (tertiary/aromatic N) is 2. The number of rotatable bonds is 4. The van der Waals surface area contributed by atoms with Crippen molar-refractivity contribution in [3.05, 3.63) is 146 Å². The highest BCUT2D eigenvalue weighted by Crippen LogP contribution is 2.48. The molecule has 8 aromatic rings. The maximum atomic E-state index is 5.17. The average Bonchev–Trinajstić information content (AvgIpc) is 3.46. The fourth-order valence-electron chi connectivity index (χ4n) is 6.21. The molecule has 0 aliphatic heterocycles. The Morgan fingerprint density at radius 1 is 0.385 bits per heavy atom. The Morgan fingerprint density at radius 3 is 1.28 bits per heavy atom. The lowest BCUT2D eigenvalue weighted by Crippen LogP contribution is -2.02. The van der Waals surface area contributed by atoms with Gasteiger partial charge in [-0.15, -0.1) is 0 Å². The van der Waals surface area contributed by atoms with E-state index in [9.17, 15) is 0 Å². The van der Waals surface area contributed by atoms with Gasteiger partial charge in [-0.05, 0) is 22.3 Å². The first-order valence-electron chi connectivity index (χ1n) is 13.3. The molecule has 5 aromatic carbocycles. The van der Waals surface area contributed by atoms with E-state index in [1.54, 1.807) is 0 Å². The lowest BCUT2D eigenvalue weighted by molar-refractivity contribution is 1.30. The molecule has 2 nitrogen and oxygen atoms in total. The maximum Gasteiger partial charge on any atom is 0.146 e. The van der Waals surface area contributed by atoms with Crippen molar-refractivity contribution in [2.24, 2.45) is 0 Å². The minimum absolute atomic E-state index is 0.982. The van der Waals surface area contributed by atoms with Gasteiger partial charge in [-0.3, -0.25) is 4.40 Å². The van der Waals surface area contributed by atoms with Crippen LogP contribution in [-0.4, -0.2) is 9.38 Å². The first-order valence-corrected chi connectivity index (χ1v) is 13.3. The molecule has 2 heteroatoms. The Bertz CT molecular complexity index is 1930. The van der Waals surface area contributed by atoms with Crippen molar-refractivity contribution in [1.82, 2.24) is 9.38 Å². The standard InChI is InChI=1S/C37H24N2/c1-5-14-25(15-6-1)32-29-22-13-23-30-33(26-16-7-2-8-17-26)35(28-20-11-4-12-21-28)37-38-24-31(39(37)36(29)30)34(32)27-18-9-3-10-19-27/h1-24H. The normalized spacial score (nSPS) is 11.6. The van der Waals surface area contributed by atoms with E-state index in [2.05, 4.69) is 150 Å². The zero-order valence-electron chi connectivity index (χ0n) is 21.3. The van der Waals surface area contributed by atoms with E-state index < -0.39 is 0 Å². The third-order valence-corrected chi connectivity index (χ3v) is 7.79. The molecule has 39 heavy (non-hydrogen) atoms. The summed E-state index contributed by atoms with van der Waals surface area (Å²) in [4.78, 5) is 5.17. The van der Waals surface area contributed by atoms with Crippen molar-refractivity contribution >= 4 is 27.5 Å². The summed E-state index contributed by atoms with van der Waals surface area (Å²) < 4.78 is 2.40. The van der Waals surface area contributed by atoms with Gasteiger partial charge in [-0.1, -0.05) is 140 Å². The molecular formula is C37H24N2. The van der Waals surface area contributed by atoms with Crippen molar-refractivity contribution in [3.8, 4) is 44.5 Å². The number of pyridine rings is 2. The second kappa shape index (κ2) is 8.68. The van der Waals surface area contributed by atoms with Crippen LogP contribution >= 0.6 is 0 Å². The summed E-state index contributed by atoms with van der Waals surface area (Å²) in [6, 6.07) is 49.7. The van der Waals surface area contributed by atoms with Gasteiger partial charge in [0.05, 0.1) is 17.2 Å². The van der Waals surface area contributed by atoms with Crippen LogP contribution in [-0.2, 0) is 0 Å². The van der Waals surface area contributed by atoms with Gasteiger partial charge >= 0.3 is 0 Å². The molecule has 0 bridgehead atoms. The fraction of sp³-hybridized carbons (Fsp3) is 0. The topological polar surface area (TPSA) is 17.3 Å². The molecule has 0 saturated heterocycles. The molecule has 8 rings (SSSR count). The van der Waals surface area contributed by atoms with Gasteiger partial charge in [-0.25, -0.2) is 4.98 Å². The minimum Gasteiger partial charge on any atom is -0.291 e. The summed E-state index contributed by atoms with van der Waals surface area (Å²) in [6.45, 7) is 0. The molecule has 0 aliphatic rings. The zero-order valence-corrected chi connectivity index (χ0v) is 21.3. The number of hydrogen-bond acceptors (Lipinski definition) is 1. The van der Waals surface area contributed by atoms with Crippen LogP contribution in [0.1, 0.15) is 0 Å². The van der Waals surface area contributed by atoms with Crippen molar-refractivity contribution in [2.45, 2.75) is 0 Å². The van der Waals surface area contributed by atoms with Crippen LogP contribution in [0.25, 0.3) is 72.0 Å². The lowest BCUT2D eigenvalue weighted by atomic mass is 9.87. The Morgan fingerprint density at radius 2 is 0.795 bits per heavy atom. The molecule has 3 aromatic heterocycles. The van der Waals surface area contributed by atoms with Crippen LogP contribution in [0.3, 0.4) is 0 Å². The lowest BCUT2D eigenvalue weighted by Gasteiger charge is -2.22. The van der Waals surface area contributed by atoms with Gasteiger partial charge in [0, 0.05) is 33.0 Å². The minimum atomic E-state index is 0.982. The largest absolute Gasteiger partial charge is 0.291 e. The highest BCUT2D eigenvalue weighted by molar-refractivity contribution is 6.20. The van der Waals surface area contributed by atoms with Crippen molar-refractivity contribution in [1.29, 1.82) is 0 Å². The summed E-state index contributed by atoms with van der Waals surface area (Å²) in [6.07, 6.45) is 2.07. The van der Waals surface area contributed by atoms with E-state index in [-0.39, 0.29) is 0 Å². The molecule has 0 fully saturated rings. The van der Waals surface area contributed by atoms with Gasteiger partial charge in [0.1, 0.15) is 5.65 Å². The summed E-state index contributed by atoms with van der Waals surface area (Å²) in [7, 11) is 0. The molecule has 0 N–H and O–H groups in total. The average molecular weight is 497 g/mol. The van der Waals surface area contributed by atoms with Crippen LogP contribution < -0.4 is 0 Å². The molecule has 0 aliphatic carbocycles. The van der Waals surface area contributed by atoms with E-state index >= 15 is 0 Å². The predicted molar refractivity (Wildman–Crippen MR) is 163 cm³/mol. The monoisotopic (exact) mass is 496 g/mol. The molecule has 0 unspecified atom stereocenters. The van der Waals surface area contributed by atoms with E-state index in [0.29, 0.717) is 0 Å².